The van der Waals surface area contributed by atoms with Crippen LogP contribution in [0.1, 0.15) is 29.4 Å². The van der Waals surface area contributed by atoms with Gasteiger partial charge in [0.05, 0.1) is 11.4 Å². The molecule has 90 valence electrons. The van der Waals surface area contributed by atoms with Gasteiger partial charge < -0.3 is 0 Å². The Morgan fingerprint density at radius 1 is 1.29 bits per heavy atom. The molecule has 0 aliphatic heterocycles. The minimum Gasteiger partial charge on any atom is -0.238 e. The molecule has 0 saturated carbocycles. The maximum absolute atomic E-state index is 5.86. The minimum absolute atomic E-state index is 0.535. The molecule has 0 aliphatic carbocycles. The van der Waals surface area contributed by atoms with Crippen LogP contribution < -0.4 is 0 Å². The molecule has 0 bridgehead atoms. The van der Waals surface area contributed by atoms with Gasteiger partial charge in [0.2, 0.25) is 0 Å². The highest BCUT2D eigenvalue weighted by Crippen LogP contribution is 2.19. The fourth-order valence-corrected chi connectivity index (χ4v) is 2.38. The monoisotopic (exact) mass is 248 g/mol. The molecule has 1 aromatic heterocycles. The first kappa shape index (κ1) is 12.2. The summed E-state index contributed by atoms with van der Waals surface area (Å²) in [4.78, 5) is 0. The Bertz CT molecular complexity index is 529. The van der Waals surface area contributed by atoms with E-state index in [9.17, 15) is 0 Å². The molecule has 2 aromatic rings. The summed E-state index contributed by atoms with van der Waals surface area (Å²) in [6.07, 6.45) is 1.02. The highest BCUT2D eigenvalue weighted by Gasteiger charge is 2.10. The number of nitrogens with zero attached hydrogens (tertiary/aromatic N) is 2. The fourth-order valence-electron chi connectivity index (χ4n) is 2.21. The summed E-state index contributed by atoms with van der Waals surface area (Å²) in [5.74, 6) is 0.535. The quantitative estimate of drug-likeness (QED) is 0.756. The van der Waals surface area contributed by atoms with Gasteiger partial charge in [0, 0.05) is 11.6 Å². The van der Waals surface area contributed by atoms with Crippen molar-refractivity contribution in [1.29, 1.82) is 0 Å². The van der Waals surface area contributed by atoms with Crippen molar-refractivity contribution in [3.05, 3.63) is 46.8 Å². The van der Waals surface area contributed by atoms with Crippen LogP contribution >= 0.6 is 11.6 Å². The molecule has 0 atom stereocenters. The molecule has 0 amide bonds. The van der Waals surface area contributed by atoms with E-state index in [2.05, 4.69) is 38.0 Å². The van der Waals surface area contributed by atoms with Crippen molar-refractivity contribution in [3.63, 3.8) is 0 Å². The van der Waals surface area contributed by atoms with Gasteiger partial charge in [-0.3, -0.25) is 0 Å². The third-order valence-corrected chi connectivity index (χ3v) is 3.41. The van der Waals surface area contributed by atoms with E-state index in [-0.39, 0.29) is 0 Å². The molecular weight excluding hydrogens is 232 g/mol. The lowest BCUT2D eigenvalue weighted by atomic mass is 10.1. The van der Waals surface area contributed by atoms with E-state index >= 15 is 0 Å². The highest BCUT2D eigenvalue weighted by molar-refractivity contribution is 6.17. The summed E-state index contributed by atoms with van der Waals surface area (Å²) in [5.41, 5.74) is 5.87. The number of benzene rings is 1. The molecule has 0 spiro atoms. The maximum Gasteiger partial charge on any atom is 0.0652 e. The molecular formula is C14H17ClN2. The number of aromatic nitrogens is 2. The summed E-state index contributed by atoms with van der Waals surface area (Å²) in [7, 11) is 0. The molecule has 1 heterocycles. The van der Waals surface area contributed by atoms with Gasteiger partial charge in [-0.1, -0.05) is 19.1 Å². The van der Waals surface area contributed by atoms with Crippen LogP contribution in [0.5, 0.6) is 0 Å². The Morgan fingerprint density at radius 2 is 2.06 bits per heavy atom. The number of alkyl halides is 1. The molecule has 0 saturated heterocycles. The minimum atomic E-state index is 0.535. The molecule has 1 aromatic carbocycles. The van der Waals surface area contributed by atoms with Crippen molar-refractivity contribution in [2.45, 2.75) is 33.1 Å². The van der Waals surface area contributed by atoms with Crippen LogP contribution in [-0.4, -0.2) is 9.78 Å². The highest BCUT2D eigenvalue weighted by atomic mass is 35.5. The van der Waals surface area contributed by atoms with E-state index in [1.807, 2.05) is 16.8 Å². The van der Waals surface area contributed by atoms with Crippen LogP contribution in [0.25, 0.3) is 5.69 Å². The Labute approximate surface area is 107 Å². The van der Waals surface area contributed by atoms with Gasteiger partial charge in [-0.2, -0.15) is 5.10 Å². The van der Waals surface area contributed by atoms with Gasteiger partial charge >= 0.3 is 0 Å². The summed E-state index contributed by atoms with van der Waals surface area (Å²) in [5, 5.41) is 4.60. The lowest BCUT2D eigenvalue weighted by Crippen LogP contribution is -2.00. The van der Waals surface area contributed by atoms with E-state index in [0.717, 1.165) is 23.4 Å². The van der Waals surface area contributed by atoms with E-state index in [4.69, 9.17) is 11.6 Å². The lowest BCUT2D eigenvalue weighted by Gasteiger charge is -2.06. The third-order valence-electron chi connectivity index (χ3n) is 3.10. The second-order valence-electron chi connectivity index (χ2n) is 4.22. The first-order chi connectivity index (χ1) is 8.17. The second-order valence-corrected chi connectivity index (χ2v) is 4.49. The molecule has 17 heavy (non-hydrogen) atoms. The molecule has 0 aliphatic rings. The van der Waals surface area contributed by atoms with Gasteiger partial charge in [0.1, 0.15) is 0 Å². The second kappa shape index (κ2) is 4.92. The topological polar surface area (TPSA) is 17.8 Å². The zero-order chi connectivity index (χ0) is 12.4. The summed E-state index contributed by atoms with van der Waals surface area (Å²) < 4.78 is 2.00. The van der Waals surface area contributed by atoms with Crippen molar-refractivity contribution in [1.82, 2.24) is 9.78 Å². The van der Waals surface area contributed by atoms with Gasteiger partial charge in [-0.15, -0.1) is 11.6 Å². The SMILES string of the molecule is CCc1c(C)nn(-c2cccc(CCl)c2)c1C. The predicted molar refractivity (Wildman–Crippen MR) is 72.0 cm³/mol. The summed E-state index contributed by atoms with van der Waals surface area (Å²) in [6, 6.07) is 8.21. The van der Waals surface area contributed by atoms with E-state index < -0.39 is 0 Å². The number of aryl methyl sites for hydroxylation is 1. The normalized spacial score (nSPS) is 10.8. The van der Waals surface area contributed by atoms with E-state index in [1.54, 1.807) is 0 Å². The number of hydrogen-bond donors (Lipinski definition) is 0. The molecule has 0 fully saturated rings. The number of hydrogen-bond acceptors (Lipinski definition) is 1. The van der Waals surface area contributed by atoms with Crippen LogP contribution in [-0.2, 0) is 12.3 Å². The Morgan fingerprint density at radius 3 is 2.65 bits per heavy atom. The molecule has 0 unspecified atom stereocenters. The average Bonchev–Trinajstić information content (AvgIpc) is 2.64. The third kappa shape index (κ3) is 2.22. The zero-order valence-corrected chi connectivity index (χ0v) is 11.3. The zero-order valence-electron chi connectivity index (χ0n) is 10.5. The Kier molecular flexibility index (Phi) is 3.53. The Hall–Kier alpha value is -1.28. The average molecular weight is 249 g/mol. The maximum atomic E-state index is 5.86. The van der Waals surface area contributed by atoms with Crippen molar-refractivity contribution in [3.8, 4) is 5.69 Å². The molecule has 0 radical (unpaired) electrons. The van der Waals surface area contributed by atoms with Crippen molar-refractivity contribution in [2.75, 3.05) is 0 Å². The summed E-state index contributed by atoms with van der Waals surface area (Å²) in [6.45, 7) is 6.34. The van der Waals surface area contributed by atoms with Crippen molar-refractivity contribution < 1.29 is 0 Å². The van der Waals surface area contributed by atoms with Crippen LogP contribution in [0.3, 0.4) is 0 Å². The first-order valence-corrected chi connectivity index (χ1v) is 6.41. The van der Waals surface area contributed by atoms with Gasteiger partial charge in [-0.25, -0.2) is 4.68 Å². The number of halogens is 1. The first-order valence-electron chi connectivity index (χ1n) is 5.87. The fraction of sp³-hybridized carbons (Fsp3) is 0.357. The molecule has 3 heteroatoms. The van der Waals surface area contributed by atoms with Crippen LogP contribution in [0.15, 0.2) is 24.3 Å². The van der Waals surface area contributed by atoms with Crippen LogP contribution in [0, 0.1) is 13.8 Å². The van der Waals surface area contributed by atoms with Crippen LogP contribution in [0.4, 0.5) is 0 Å². The van der Waals surface area contributed by atoms with E-state index in [1.165, 1.54) is 11.3 Å². The predicted octanol–water partition coefficient (Wildman–Crippen LogP) is 3.79. The standard InChI is InChI=1S/C14H17ClN2/c1-4-14-10(2)16-17(11(14)3)13-7-5-6-12(8-13)9-15/h5-8H,4,9H2,1-3H3. The Balaban J connectivity index is 2.52. The van der Waals surface area contributed by atoms with Gasteiger partial charge in [0.15, 0.2) is 0 Å². The molecule has 0 N–H and O–H groups in total. The smallest absolute Gasteiger partial charge is 0.0652 e. The van der Waals surface area contributed by atoms with Crippen molar-refractivity contribution in [2.24, 2.45) is 0 Å². The number of rotatable bonds is 3. The van der Waals surface area contributed by atoms with Crippen LogP contribution in [0.2, 0.25) is 0 Å². The van der Waals surface area contributed by atoms with E-state index in [0.29, 0.717) is 5.88 Å². The van der Waals surface area contributed by atoms with Gasteiger partial charge in [-0.05, 0) is 43.5 Å². The van der Waals surface area contributed by atoms with Gasteiger partial charge in [0.25, 0.3) is 0 Å². The molecule has 2 nitrogen and oxygen atoms in total. The molecule has 2 rings (SSSR count). The van der Waals surface area contributed by atoms with Crippen molar-refractivity contribution >= 4 is 11.6 Å². The summed E-state index contributed by atoms with van der Waals surface area (Å²) >= 11 is 5.86. The largest absolute Gasteiger partial charge is 0.238 e. The lowest BCUT2D eigenvalue weighted by molar-refractivity contribution is 0.831.